The molecule has 2 N–H and O–H groups in total. The van der Waals surface area contributed by atoms with E-state index in [1.54, 1.807) is 6.07 Å². The van der Waals surface area contributed by atoms with E-state index in [0.29, 0.717) is 5.56 Å². The molecule has 2 nitrogen and oxygen atoms in total. The van der Waals surface area contributed by atoms with Crippen LogP contribution in [0.3, 0.4) is 0 Å². The van der Waals surface area contributed by atoms with Gasteiger partial charge in [-0.1, -0.05) is 0 Å². The van der Waals surface area contributed by atoms with Crippen LogP contribution in [-0.4, -0.2) is 13.1 Å². The Morgan fingerprint density at radius 3 is 2.61 bits per heavy atom. The van der Waals surface area contributed by atoms with Crippen LogP contribution in [0, 0.1) is 18.7 Å². The second kappa shape index (κ2) is 5.27. The summed E-state index contributed by atoms with van der Waals surface area (Å²) in [5.74, 6) is 0.657. The monoisotopic (exact) mass is 250 g/mol. The summed E-state index contributed by atoms with van der Waals surface area (Å²) in [6.45, 7) is 7.89. The Kier molecular flexibility index (Phi) is 3.91. The lowest BCUT2D eigenvalue weighted by atomic mass is 10.0. The number of anilines is 1. The first-order valence-corrected chi connectivity index (χ1v) is 6.83. The molecule has 0 unspecified atom stereocenters. The third-order valence-electron chi connectivity index (χ3n) is 3.70. The highest BCUT2D eigenvalue weighted by Gasteiger charge is 2.25. The average Bonchev–Trinajstić information content (AvgIpc) is 3.13. The smallest absolute Gasteiger partial charge is 0.126 e. The third-order valence-corrected chi connectivity index (χ3v) is 3.70. The van der Waals surface area contributed by atoms with Crippen molar-refractivity contribution >= 4 is 5.69 Å². The average molecular weight is 250 g/mol. The van der Waals surface area contributed by atoms with Crippen LogP contribution in [-0.2, 0) is 0 Å². The molecular formula is C15H23FN2. The lowest BCUT2D eigenvalue weighted by Crippen LogP contribution is -2.27. The quantitative estimate of drug-likeness (QED) is 0.868. The minimum atomic E-state index is -0.159. The molecule has 1 aromatic carbocycles. The molecule has 3 heteroatoms. The van der Waals surface area contributed by atoms with E-state index in [1.165, 1.54) is 12.8 Å². The molecule has 1 atom stereocenters. The molecule has 2 rings (SSSR count). The molecule has 0 amide bonds. The van der Waals surface area contributed by atoms with Crippen molar-refractivity contribution in [3.63, 3.8) is 0 Å². The van der Waals surface area contributed by atoms with Crippen molar-refractivity contribution in [3.8, 4) is 0 Å². The van der Waals surface area contributed by atoms with Crippen molar-refractivity contribution in [2.75, 3.05) is 18.0 Å². The van der Waals surface area contributed by atoms with E-state index in [0.717, 1.165) is 30.3 Å². The normalized spacial score (nSPS) is 16.7. The predicted molar refractivity (Wildman–Crippen MR) is 74.4 cm³/mol. The molecule has 100 valence electrons. The van der Waals surface area contributed by atoms with Crippen LogP contribution >= 0.6 is 0 Å². The van der Waals surface area contributed by atoms with Gasteiger partial charge in [-0.25, -0.2) is 4.39 Å². The largest absolute Gasteiger partial charge is 0.371 e. The first-order valence-electron chi connectivity index (χ1n) is 6.83. The Balaban J connectivity index is 2.35. The number of nitrogens with zero attached hydrogens (tertiary/aromatic N) is 1. The predicted octanol–water partition coefficient (Wildman–Crippen LogP) is 3.39. The van der Waals surface area contributed by atoms with E-state index < -0.39 is 0 Å². The summed E-state index contributed by atoms with van der Waals surface area (Å²) in [6.07, 6.45) is 2.65. The molecule has 0 heterocycles. The summed E-state index contributed by atoms with van der Waals surface area (Å²) in [7, 11) is 0. The van der Waals surface area contributed by atoms with Gasteiger partial charge in [-0.3, -0.25) is 0 Å². The van der Waals surface area contributed by atoms with Crippen LogP contribution in [0.15, 0.2) is 12.1 Å². The van der Waals surface area contributed by atoms with Gasteiger partial charge in [0.05, 0.1) is 0 Å². The van der Waals surface area contributed by atoms with Crippen LogP contribution < -0.4 is 10.6 Å². The number of benzene rings is 1. The summed E-state index contributed by atoms with van der Waals surface area (Å²) in [5, 5.41) is 0. The van der Waals surface area contributed by atoms with Gasteiger partial charge < -0.3 is 10.6 Å². The lowest BCUT2D eigenvalue weighted by molar-refractivity contribution is 0.611. The molecule has 0 aromatic heterocycles. The zero-order valence-electron chi connectivity index (χ0n) is 11.5. The number of rotatable bonds is 5. The highest BCUT2D eigenvalue weighted by Crippen LogP contribution is 2.34. The zero-order chi connectivity index (χ0) is 13.3. The second-order valence-corrected chi connectivity index (χ2v) is 5.43. The van der Waals surface area contributed by atoms with Gasteiger partial charge in [-0.2, -0.15) is 0 Å². The lowest BCUT2D eigenvalue weighted by Gasteiger charge is -2.27. The van der Waals surface area contributed by atoms with Crippen molar-refractivity contribution in [2.45, 2.75) is 39.7 Å². The zero-order valence-corrected chi connectivity index (χ0v) is 11.5. The Morgan fingerprint density at radius 2 is 2.11 bits per heavy atom. The molecule has 18 heavy (non-hydrogen) atoms. The minimum absolute atomic E-state index is 0.136. The van der Waals surface area contributed by atoms with Gasteiger partial charge in [-0.15, -0.1) is 0 Å². The summed E-state index contributed by atoms with van der Waals surface area (Å²) < 4.78 is 13.7. The van der Waals surface area contributed by atoms with E-state index in [9.17, 15) is 4.39 Å². The number of hydrogen-bond acceptors (Lipinski definition) is 2. The van der Waals surface area contributed by atoms with Crippen molar-refractivity contribution in [1.82, 2.24) is 0 Å². The second-order valence-electron chi connectivity index (χ2n) is 5.43. The van der Waals surface area contributed by atoms with Crippen LogP contribution in [0.5, 0.6) is 0 Å². The highest BCUT2D eigenvalue weighted by molar-refractivity contribution is 5.57. The van der Waals surface area contributed by atoms with Gasteiger partial charge in [0.2, 0.25) is 0 Å². The first-order chi connectivity index (χ1) is 8.52. The fourth-order valence-electron chi connectivity index (χ4n) is 2.33. The maximum Gasteiger partial charge on any atom is 0.126 e. The van der Waals surface area contributed by atoms with Gasteiger partial charge in [0, 0.05) is 24.8 Å². The summed E-state index contributed by atoms with van der Waals surface area (Å²) >= 11 is 0. The van der Waals surface area contributed by atoms with Gasteiger partial charge in [-0.05, 0) is 62.8 Å². The Bertz CT molecular complexity index is 425. The maximum absolute atomic E-state index is 13.7. The van der Waals surface area contributed by atoms with Gasteiger partial charge in [0.25, 0.3) is 0 Å². The van der Waals surface area contributed by atoms with Crippen molar-refractivity contribution in [3.05, 3.63) is 29.1 Å². The Labute approximate surface area is 109 Å². The number of halogens is 1. The molecule has 0 spiro atoms. The fraction of sp³-hybridized carbons (Fsp3) is 0.600. The van der Waals surface area contributed by atoms with Crippen LogP contribution in [0.25, 0.3) is 0 Å². The highest BCUT2D eigenvalue weighted by atomic mass is 19.1. The van der Waals surface area contributed by atoms with Gasteiger partial charge in [0.15, 0.2) is 0 Å². The molecule has 0 aliphatic heterocycles. The fourth-order valence-corrected chi connectivity index (χ4v) is 2.33. The SMILES string of the molecule is CCN(CC1CC1)c1cc(C)c(F)cc1[C@@H](C)N. The Hall–Kier alpha value is -1.09. The van der Waals surface area contributed by atoms with E-state index >= 15 is 0 Å². The number of hydrogen-bond donors (Lipinski definition) is 1. The molecular weight excluding hydrogens is 227 g/mol. The van der Waals surface area contributed by atoms with E-state index in [1.807, 2.05) is 19.9 Å². The van der Waals surface area contributed by atoms with E-state index in [4.69, 9.17) is 5.73 Å². The molecule has 1 aromatic rings. The topological polar surface area (TPSA) is 29.3 Å². The number of nitrogens with two attached hydrogens (primary N) is 1. The maximum atomic E-state index is 13.7. The summed E-state index contributed by atoms with van der Waals surface area (Å²) in [4.78, 5) is 2.34. The standard InChI is InChI=1S/C15H23FN2/c1-4-18(9-12-5-6-12)15-7-10(2)14(16)8-13(15)11(3)17/h7-8,11-12H,4-6,9,17H2,1-3H3/t11-/m1/s1. The number of aryl methyl sites for hydroxylation is 1. The molecule has 0 radical (unpaired) electrons. The van der Waals surface area contributed by atoms with Crippen molar-refractivity contribution in [2.24, 2.45) is 11.7 Å². The van der Waals surface area contributed by atoms with Gasteiger partial charge in [0.1, 0.15) is 5.82 Å². The molecule has 1 fully saturated rings. The van der Waals surface area contributed by atoms with Crippen LogP contribution in [0.1, 0.15) is 43.9 Å². The molecule has 0 bridgehead atoms. The molecule has 1 saturated carbocycles. The molecule has 0 saturated heterocycles. The first kappa shape index (κ1) is 13.3. The van der Waals surface area contributed by atoms with Crippen LogP contribution in [0.2, 0.25) is 0 Å². The summed E-state index contributed by atoms with van der Waals surface area (Å²) in [5.41, 5.74) is 8.70. The summed E-state index contributed by atoms with van der Waals surface area (Å²) in [6, 6.07) is 3.41. The molecule has 1 aliphatic rings. The minimum Gasteiger partial charge on any atom is -0.371 e. The van der Waals surface area contributed by atoms with Crippen molar-refractivity contribution in [1.29, 1.82) is 0 Å². The van der Waals surface area contributed by atoms with E-state index in [2.05, 4.69) is 11.8 Å². The van der Waals surface area contributed by atoms with Crippen LogP contribution in [0.4, 0.5) is 10.1 Å². The molecule has 1 aliphatic carbocycles. The Morgan fingerprint density at radius 1 is 1.44 bits per heavy atom. The van der Waals surface area contributed by atoms with Gasteiger partial charge >= 0.3 is 0 Å². The van der Waals surface area contributed by atoms with E-state index in [-0.39, 0.29) is 11.9 Å². The van der Waals surface area contributed by atoms with Crippen molar-refractivity contribution < 1.29 is 4.39 Å². The third kappa shape index (κ3) is 2.83.